The third-order valence-corrected chi connectivity index (χ3v) is 4.70. The van der Waals surface area contributed by atoms with Gasteiger partial charge in [0.15, 0.2) is 0 Å². The molecule has 0 saturated carbocycles. The SMILES string of the molecule is CCNC(Cc1ccc(CC)cn1)c1cccc(Br)c1C. The van der Waals surface area contributed by atoms with Crippen LogP contribution >= 0.6 is 15.9 Å². The molecule has 2 aromatic rings. The molecule has 0 aliphatic heterocycles. The number of hydrogen-bond donors (Lipinski definition) is 1. The summed E-state index contributed by atoms with van der Waals surface area (Å²) in [6.07, 6.45) is 3.94. The minimum absolute atomic E-state index is 0.299. The summed E-state index contributed by atoms with van der Waals surface area (Å²) in [5.41, 5.74) is 5.07. The summed E-state index contributed by atoms with van der Waals surface area (Å²) in [4.78, 5) is 4.60. The Morgan fingerprint density at radius 1 is 1.19 bits per heavy atom. The lowest BCUT2D eigenvalue weighted by Crippen LogP contribution is -2.24. The van der Waals surface area contributed by atoms with Gasteiger partial charge >= 0.3 is 0 Å². The number of benzene rings is 1. The summed E-state index contributed by atoms with van der Waals surface area (Å²) >= 11 is 3.63. The fourth-order valence-corrected chi connectivity index (χ4v) is 2.92. The molecule has 112 valence electrons. The smallest absolute Gasteiger partial charge is 0.0422 e. The van der Waals surface area contributed by atoms with Crippen LogP contribution in [0, 0.1) is 6.92 Å². The zero-order valence-corrected chi connectivity index (χ0v) is 14.6. The number of aryl methyl sites for hydroxylation is 1. The average Bonchev–Trinajstić information content (AvgIpc) is 2.50. The summed E-state index contributed by atoms with van der Waals surface area (Å²) in [7, 11) is 0. The van der Waals surface area contributed by atoms with Gasteiger partial charge in [0.05, 0.1) is 0 Å². The molecule has 2 rings (SSSR count). The van der Waals surface area contributed by atoms with Crippen LogP contribution in [0.2, 0.25) is 0 Å². The van der Waals surface area contributed by atoms with Crippen LogP contribution in [0.25, 0.3) is 0 Å². The first-order chi connectivity index (χ1) is 10.2. The van der Waals surface area contributed by atoms with E-state index in [1.165, 1.54) is 16.7 Å². The van der Waals surface area contributed by atoms with E-state index in [1.807, 2.05) is 6.20 Å². The van der Waals surface area contributed by atoms with Gasteiger partial charge in [0.25, 0.3) is 0 Å². The summed E-state index contributed by atoms with van der Waals surface area (Å²) in [6, 6.07) is 11.0. The molecule has 0 saturated heterocycles. The first-order valence-electron chi connectivity index (χ1n) is 7.57. The molecular formula is C18H23BrN2. The van der Waals surface area contributed by atoms with Crippen molar-refractivity contribution in [3.63, 3.8) is 0 Å². The molecule has 1 aromatic heterocycles. The fraction of sp³-hybridized carbons (Fsp3) is 0.389. The number of nitrogens with one attached hydrogen (secondary N) is 1. The fourth-order valence-electron chi connectivity index (χ4n) is 2.53. The van der Waals surface area contributed by atoms with Gasteiger partial charge < -0.3 is 5.32 Å². The lowest BCUT2D eigenvalue weighted by Gasteiger charge is -2.21. The minimum atomic E-state index is 0.299. The molecule has 0 amide bonds. The zero-order chi connectivity index (χ0) is 15.2. The Kier molecular flexibility index (Phi) is 5.95. The Bertz CT molecular complexity index is 578. The lowest BCUT2D eigenvalue weighted by molar-refractivity contribution is 0.541. The summed E-state index contributed by atoms with van der Waals surface area (Å²) in [5.74, 6) is 0. The highest BCUT2D eigenvalue weighted by Crippen LogP contribution is 2.26. The molecular weight excluding hydrogens is 324 g/mol. The van der Waals surface area contributed by atoms with Crippen molar-refractivity contribution in [2.75, 3.05) is 6.54 Å². The highest BCUT2D eigenvalue weighted by molar-refractivity contribution is 9.10. The molecule has 1 heterocycles. The highest BCUT2D eigenvalue weighted by atomic mass is 79.9. The van der Waals surface area contributed by atoms with Crippen LogP contribution in [0.4, 0.5) is 0 Å². The Hall–Kier alpha value is -1.19. The number of likely N-dealkylation sites (N-methyl/N-ethyl adjacent to an activating group) is 1. The average molecular weight is 347 g/mol. The second-order valence-corrected chi connectivity index (χ2v) is 6.13. The minimum Gasteiger partial charge on any atom is -0.310 e. The van der Waals surface area contributed by atoms with Crippen molar-refractivity contribution in [2.24, 2.45) is 0 Å². The molecule has 1 N–H and O–H groups in total. The zero-order valence-electron chi connectivity index (χ0n) is 13.0. The van der Waals surface area contributed by atoms with E-state index >= 15 is 0 Å². The molecule has 3 heteroatoms. The number of halogens is 1. The van der Waals surface area contributed by atoms with E-state index < -0.39 is 0 Å². The summed E-state index contributed by atoms with van der Waals surface area (Å²) in [5, 5.41) is 3.58. The van der Waals surface area contributed by atoms with Crippen LogP contribution in [-0.4, -0.2) is 11.5 Å². The van der Waals surface area contributed by atoms with Gasteiger partial charge in [-0.1, -0.05) is 48.0 Å². The van der Waals surface area contributed by atoms with E-state index in [2.05, 4.69) is 77.3 Å². The summed E-state index contributed by atoms with van der Waals surface area (Å²) < 4.78 is 1.16. The van der Waals surface area contributed by atoms with E-state index in [1.54, 1.807) is 0 Å². The molecule has 0 fully saturated rings. The van der Waals surface area contributed by atoms with Crippen molar-refractivity contribution in [2.45, 2.75) is 39.7 Å². The van der Waals surface area contributed by atoms with Gasteiger partial charge in [-0.2, -0.15) is 0 Å². The van der Waals surface area contributed by atoms with Crippen LogP contribution in [0.3, 0.4) is 0 Å². The predicted octanol–water partition coefficient (Wildman–Crippen LogP) is 4.61. The molecule has 0 spiro atoms. The Labute approximate surface area is 136 Å². The summed E-state index contributed by atoms with van der Waals surface area (Å²) in [6.45, 7) is 7.41. The molecule has 1 atom stereocenters. The third kappa shape index (κ3) is 4.14. The molecule has 2 nitrogen and oxygen atoms in total. The highest BCUT2D eigenvalue weighted by Gasteiger charge is 2.15. The van der Waals surface area contributed by atoms with Crippen LogP contribution in [0.5, 0.6) is 0 Å². The van der Waals surface area contributed by atoms with Gasteiger partial charge in [-0.15, -0.1) is 0 Å². The van der Waals surface area contributed by atoms with Crippen LogP contribution in [0.1, 0.15) is 42.3 Å². The standard InChI is InChI=1S/C18H23BrN2/c1-4-14-9-10-15(21-12-14)11-18(20-5-2)16-7-6-8-17(19)13(16)3/h6-10,12,18,20H,4-5,11H2,1-3H3. The van der Waals surface area contributed by atoms with E-state index in [0.29, 0.717) is 6.04 Å². The van der Waals surface area contributed by atoms with Crippen molar-refractivity contribution in [1.29, 1.82) is 0 Å². The Morgan fingerprint density at radius 3 is 2.62 bits per heavy atom. The van der Waals surface area contributed by atoms with Gasteiger partial charge in [0, 0.05) is 28.8 Å². The third-order valence-electron chi connectivity index (χ3n) is 3.84. The van der Waals surface area contributed by atoms with E-state index in [-0.39, 0.29) is 0 Å². The number of rotatable bonds is 6. The molecule has 0 aliphatic carbocycles. The molecule has 0 bridgehead atoms. The molecule has 0 radical (unpaired) electrons. The monoisotopic (exact) mass is 346 g/mol. The van der Waals surface area contributed by atoms with Crippen LogP contribution in [-0.2, 0) is 12.8 Å². The lowest BCUT2D eigenvalue weighted by atomic mass is 9.97. The number of hydrogen-bond acceptors (Lipinski definition) is 2. The number of aromatic nitrogens is 1. The molecule has 0 aliphatic rings. The van der Waals surface area contributed by atoms with E-state index in [4.69, 9.17) is 0 Å². The van der Waals surface area contributed by atoms with E-state index in [0.717, 1.165) is 29.6 Å². The maximum Gasteiger partial charge on any atom is 0.0422 e. The van der Waals surface area contributed by atoms with Crippen molar-refractivity contribution in [1.82, 2.24) is 10.3 Å². The van der Waals surface area contributed by atoms with Crippen LogP contribution in [0.15, 0.2) is 41.0 Å². The maximum absolute atomic E-state index is 4.60. The van der Waals surface area contributed by atoms with Gasteiger partial charge in [0.1, 0.15) is 0 Å². The van der Waals surface area contributed by atoms with Crippen molar-refractivity contribution < 1.29 is 0 Å². The number of nitrogens with zero attached hydrogens (tertiary/aromatic N) is 1. The van der Waals surface area contributed by atoms with Crippen molar-refractivity contribution >= 4 is 15.9 Å². The van der Waals surface area contributed by atoms with Gasteiger partial charge in [0.2, 0.25) is 0 Å². The largest absolute Gasteiger partial charge is 0.310 e. The topological polar surface area (TPSA) is 24.9 Å². The van der Waals surface area contributed by atoms with Crippen molar-refractivity contribution in [3.05, 3.63) is 63.4 Å². The quantitative estimate of drug-likeness (QED) is 0.826. The first-order valence-corrected chi connectivity index (χ1v) is 8.37. The maximum atomic E-state index is 4.60. The number of pyridine rings is 1. The molecule has 1 unspecified atom stereocenters. The van der Waals surface area contributed by atoms with Gasteiger partial charge in [-0.25, -0.2) is 0 Å². The molecule has 21 heavy (non-hydrogen) atoms. The van der Waals surface area contributed by atoms with Gasteiger partial charge in [-0.3, -0.25) is 4.98 Å². The second-order valence-electron chi connectivity index (χ2n) is 5.28. The second kappa shape index (κ2) is 7.71. The Morgan fingerprint density at radius 2 is 2.00 bits per heavy atom. The first kappa shape index (κ1) is 16.2. The predicted molar refractivity (Wildman–Crippen MR) is 92.6 cm³/mol. The van der Waals surface area contributed by atoms with Crippen molar-refractivity contribution in [3.8, 4) is 0 Å². The van der Waals surface area contributed by atoms with E-state index in [9.17, 15) is 0 Å². The Balaban J connectivity index is 2.24. The van der Waals surface area contributed by atoms with Gasteiger partial charge in [-0.05, 0) is 48.7 Å². The molecule has 1 aromatic carbocycles. The normalized spacial score (nSPS) is 12.4. The van der Waals surface area contributed by atoms with Crippen LogP contribution < -0.4 is 5.32 Å².